The Labute approximate surface area is 159 Å². The molecule has 2 aromatic rings. The number of benzene rings is 1. The van der Waals surface area contributed by atoms with Gasteiger partial charge in [-0.1, -0.05) is 29.0 Å². The van der Waals surface area contributed by atoms with Gasteiger partial charge in [0.2, 0.25) is 11.8 Å². The third kappa shape index (κ3) is 4.11. The Morgan fingerprint density at radius 3 is 2.38 bits per heavy atom. The van der Waals surface area contributed by atoms with Crippen LogP contribution in [0.2, 0.25) is 0 Å². The Morgan fingerprint density at radius 1 is 1.15 bits per heavy atom. The topological polar surface area (TPSA) is 59.2 Å². The maximum Gasteiger partial charge on any atom is 0.277 e. The minimum absolute atomic E-state index is 0.154. The van der Waals surface area contributed by atoms with E-state index in [4.69, 9.17) is 4.42 Å². The van der Waals surface area contributed by atoms with E-state index in [9.17, 15) is 4.79 Å². The monoisotopic (exact) mass is 373 g/mol. The SMILES string of the molecule is Cc1cc(C)cc(-c2nnc(S[C@@H](C)C(=O)N3[C@H](C)CCC[C@@H]3C)o2)c1. The average molecular weight is 374 g/mol. The molecule has 140 valence electrons. The third-order valence-corrected chi connectivity index (χ3v) is 5.87. The molecule has 0 unspecified atom stereocenters. The molecule has 6 heteroatoms. The minimum atomic E-state index is -0.245. The fourth-order valence-corrected chi connectivity index (χ4v) is 4.48. The van der Waals surface area contributed by atoms with Gasteiger partial charge in [-0.15, -0.1) is 10.2 Å². The van der Waals surface area contributed by atoms with Crippen LogP contribution in [0.15, 0.2) is 27.8 Å². The molecule has 0 spiro atoms. The zero-order valence-electron chi connectivity index (χ0n) is 16.2. The van der Waals surface area contributed by atoms with Crippen molar-refractivity contribution in [3.05, 3.63) is 29.3 Å². The molecule has 1 amide bonds. The van der Waals surface area contributed by atoms with Crippen molar-refractivity contribution in [1.29, 1.82) is 0 Å². The molecule has 0 saturated carbocycles. The summed E-state index contributed by atoms with van der Waals surface area (Å²) in [6.45, 7) is 10.3. The van der Waals surface area contributed by atoms with Crippen LogP contribution in [-0.2, 0) is 4.79 Å². The van der Waals surface area contributed by atoms with Crippen molar-refractivity contribution in [2.24, 2.45) is 0 Å². The lowest BCUT2D eigenvalue weighted by Crippen LogP contribution is -2.50. The number of hydrogen-bond donors (Lipinski definition) is 0. The van der Waals surface area contributed by atoms with Gasteiger partial charge in [-0.25, -0.2) is 0 Å². The first-order valence-electron chi connectivity index (χ1n) is 9.26. The number of piperidine rings is 1. The van der Waals surface area contributed by atoms with E-state index in [-0.39, 0.29) is 11.2 Å². The van der Waals surface area contributed by atoms with Gasteiger partial charge in [0.25, 0.3) is 5.22 Å². The molecule has 1 aromatic carbocycles. The van der Waals surface area contributed by atoms with E-state index in [2.05, 4.69) is 30.1 Å². The van der Waals surface area contributed by atoms with Gasteiger partial charge in [-0.3, -0.25) is 4.79 Å². The van der Waals surface area contributed by atoms with E-state index < -0.39 is 0 Å². The second-order valence-electron chi connectivity index (χ2n) is 7.38. The summed E-state index contributed by atoms with van der Waals surface area (Å²) in [5, 5.41) is 8.49. The van der Waals surface area contributed by atoms with E-state index in [1.807, 2.05) is 37.8 Å². The van der Waals surface area contributed by atoms with Crippen LogP contribution in [-0.4, -0.2) is 38.3 Å². The van der Waals surface area contributed by atoms with E-state index in [0.717, 1.165) is 29.5 Å². The maximum atomic E-state index is 12.9. The van der Waals surface area contributed by atoms with E-state index in [1.54, 1.807) is 0 Å². The molecule has 0 bridgehead atoms. The number of likely N-dealkylation sites (tertiary alicyclic amines) is 1. The van der Waals surface area contributed by atoms with Crippen LogP contribution in [0.25, 0.3) is 11.5 Å². The average Bonchev–Trinajstić information content (AvgIpc) is 3.02. The first kappa shape index (κ1) is 19.0. The maximum absolute atomic E-state index is 12.9. The predicted molar refractivity (Wildman–Crippen MR) is 104 cm³/mol. The number of aromatic nitrogens is 2. The first-order valence-corrected chi connectivity index (χ1v) is 10.1. The van der Waals surface area contributed by atoms with E-state index >= 15 is 0 Å². The number of thioether (sulfide) groups is 1. The van der Waals surface area contributed by atoms with E-state index in [0.29, 0.717) is 23.2 Å². The molecule has 0 radical (unpaired) electrons. The quantitative estimate of drug-likeness (QED) is 0.732. The molecule has 1 aliphatic heterocycles. The number of rotatable bonds is 4. The molecule has 1 fully saturated rings. The van der Waals surface area contributed by atoms with Crippen molar-refractivity contribution in [2.45, 2.75) is 76.4 Å². The van der Waals surface area contributed by atoms with Crippen LogP contribution in [0.1, 0.15) is 51.2 Å². The largest absolute Gasteiger partial charge is 0.411 e. The van der Waals surface area contributed by atoms with Gasteiger partial charge in [-0.05, 0) is 66.0 Å². The predicted octanol–water partition coefficient (Wildman–Crippen LogP) is 4.62. The van der Waals surface area contributed by atoms with Crippen LogP contribution in [0.4, 0.5) is 0 Å². The Morgan fingerprint density at radius 2 is 1.77 bits per heavy atom. The number of nitrogens with zero attached hydrogens (tertiary/aromatic N) is 3. The molecular weight excluding hydrogens is 346 g/mol. The smallest absolute Gasteiger partial charge is 0.277 e. The van der Waals surface area contributed by atoms with Crippen molar-refractivity contribution in [1.82, 2.24) is 15.1 Å². The summed E-state index contributed by atoms with van der Waals surface area (Å²) in [5.74, 6) is 0.652. The van der Waals surface area contributed by atoms with Crippen molar-refractivity contribution >= 4 is 17.7 Å². The highest BCUT2D eigenvalue weighted by Gasteiger charge is 2.32. The van der Waals surface area contributed by atoms with Gasteiger partial charge < -0.3 is 9.32 Å². The van der Waals surface area contributed by atoms with Gasteiger partial charge in [-0.2, -0.15) is 0 Å². The zero-order chi connectivity index (χ0) is 18.8. The third-order valence-electron chi connectivity index (χ3n) is 4.95. The molecule has 0 aliphatic carbocycles. The Balaban J connectivity index is 1.71. The Hall–Kier alpha value is -1.82. The van der Waals surface area contributed by atoms with Crippen LogP contribution < -0.4 is 0 Å². The number of carbonyl (C=O) groups is 1. The van der Waals surface area contributed by atoms with Crippen molar-refractivity contribution < 1.29 is 9.21 Å². The molecule has 1 aliphatic rings. The van der Waals surface area contributed by atoms with Crippen molar-refractivity contribution in [2.75, 3.05) is 0 Å². The summed E-state index contributed by atoms with van der Waals surface area (Å²) in [7, 11) is 0. The highest BCUT2D eigenvalue weighted by atomic mass is 32.2. The first-order chi connectivity index (χ1) is 12.3. The van der Waals surface area contributed by atoms with Crippen LogP contribution in [0.5, 0.6) is 0 Å². The van der Waals surface area contributed by atoms with Crippen LogP contribution >= 0.6 is 11.8 Å². The van der Waals surface area contributed by atoms with Gasteiger partial charge in [0.15, 0.2) is 0 Å². The molecule has 3 rings (SSSR count). The molecule has 5 nitrogen and oxygen atoms in total. The van der Waals surface area contributed by atoms with Gasteiger partial charge in [0.1, 0.15) is 0 Å². The summed E-state index contributed by atoms with van der Waals surface area (Å²) in [6.07, 6.45) is 3.34. The second kappa shape index (κ2) is 7.82. The molecule has 1 saturated heterocycles. The lowest BCUT2D eigenvalue weighted by atomic mass is 9.97. The molecule has 2 heterocycles. The summed E-state index contributed by atoms with van der Waals surface area (Å²) < 4.78 is 5.81. The Bertz CT molecular complexity index is 759. The van der Waals surface area contributed by atoms with Crippen LogP contribution in [0, 0.1) is 13.8 Å². The fourth-order valence-electron chi connectivity index (χ4n) is 3.74. The summed E-state index contributed by atoms with van der Waals surface area (Å²) in [6, 6.07) is 6.75. The summed E-state index contributed by atoms with van der Waals surface area (Å²) >= 11 is 1.34. The van der Waals surface area contributed by atoms with Crippen molar-refractivity contribution in [3.63, 3.8) is 0 Å². The Kier molecular flexibility index (Phi) is 5.70. The van der Waals surface area contributed by atoms with Crippen molar-refractivity contribution in [3.8, 4) is 11.5 Å². The van der Waals surface area contributed by atoms with Crippen LogP contribution in [0.3, 0.4) is 0 Å². The summed E-state index contributed by atoms with van der Waals surface area (Å²) in [4.78, 5) is 14.9. The number of amides is 1. The van der Waals surface area contributed by atoms with Gasteiger partial charge in [0, 0.05) is 17.6 Å². The van der Waals surface area contributed by atoms with Gasteiger partial charge >= 0.3 is 0 Å². The summed E-state index contributed by atoms with van der Waals surface area (Å²) in [5.41, 5.74) is 3.23. The van der Waals surface area contributed by atoms with Gasteiger partial charge in [0.05, 0.1) is 5.25 Å². The fraction of sp³-hybridized carbons (Fsp3) is 0.550. The highest BCUT2D eigenvalue weighted by Crippen LogP contribution is 2.30. The molecule has 1 aromatic heterocycles. The molecule has 0 N–H and O–H groups in total. The second-order valence-corrected chi connectivity index (χ2v) is 8.68. The lowest BCUT2D eigenvalue weighted by molar-refractivity contribution is -0.136. The normalized spacial score (nSPS) is 21.7. The molecular formula is C20H27N3O2S. The van der Waals surface area contributed by atoms with E-state index in [1.165, 1.54) is 18.2 Å². The zero-order valence-corrected chi connectivity index (χ0v) is 17.0. The number of carbonyl (C=O) groups excluding carboxylic acids is 1. The minimum Gasteiger partial charge on any atom is -0.411 e. The highest BCUT2D eigenvalue weighted by molar-refractivity contribution is 8.00. The molecule has 26 heavy (non-hydrogen) atoms. The molecule has 3 atom stereocenters. The number of aryl methyl sites for hydroxylation is 2. The standard InChI is InChI=1S/C20H27N3O2S/c1-12-9-13(2)11-17(10-12)18-21-22-20(25-18)26-16(5)19(24)23-14(3)7-6-8-15(23)4/h9-11,14-16H,6-8H2,1-5H3/t14-,15+,16-/m0/s1. The lowest BCUT2D eigenvalue weighted by Gasteiger charge is -2.40. The number of hydrogen-bond acceptors (Lipinski definition) is 5.